The molecule has 0 spiro atoms. The molecule has 1 amide bonds. The number of carbonyl (C=O) groups is 1. The lowest BCUT2D eigenvalue weighted by molar-refractivity contribution is -0.174. The molecule has 1 aromatic carbocycles. The van der Waals surface area contributed by atoms with Gasteiger partial charge in [0.05, 0.1) is 7.11 Å². The first-order valence-corrected chi connectivity index (χ1v) is 5.65. The van der Waals surface area contributed by atoms with Crippen LogP contribution in [-0.4, -0.2) is 31.3 Å². The van der Waals surface area contributed by atoms with Crippen molar-refractivity contribution in [3.63, 3.8) is 0 Å². The van der Waals surface area contributed by atoms with E-state index in [0.29, 0.717) is 6.42 Å². The normalized spacial score (nSPS) is 12.2. The Labute approximate surface area is 101 Å². The third-order valence-electron chi connectivity index (χ3n) is 2.62. The number of amides is 1. The quantitative estimate of drug-likeness (QED) is 0.713. The van der Waals surface area contributed by atoms with Crippen LogP contribution in [0.1, 0.15) is 18.4 Å². The number of hydrogen-bond acceptors (Lipinski definition) is 2. The first-order chi connectivity index (χ1) is 8.15. The number of hydrogen-bond donors (Lipinski definition) is 0. The predicted molar refractivity (Wildman–Crippen MR) is 64.1 cm³/mol. The minimum atomic E-state index is -1.48. The van der Waals surface area contributed by atoms with Gasteiger partial charge in [0.15, 0.2) is 6.17 Å². The Morgan fingerprint density at radius 2 is 2.06 bits per heavy atom. The zero-order chi connectivity index (χ0) is 12.7. The second kappa shape index (κ2) is 7.01. The Bertz CT molecular complexity index is 343. The molecule has 1 atom stereocenters. The maximum atomic E-state index is 13.5. The van der Waals surface area contributed by atoms with Gasteiger partial charge in [-0.1, -0.05) is 30.3 Å². The lowest BCUT2D eigenvalue weighted by atomic mass is 10.1. The maximum absolute atomic E-state index is 13.5. The molecule has 0 saturated carbocycles. The fraction of sp³-hybridized carbons (Fsp3) is 0.462. The van der Waals surface area contributed by atoms with Crippen LogP contribution < -0.4 is 0 Å². The average Bonchev–Trinajstić information content (AvgIpc) is 2.38. The molecule has 0 heterocycles. The molecule has 1 aromatic rings. The van der Waals surface area contributed by atoms with E-state index in [2.05, 4.69) is 4.84 Å². The van der Waals surface area contributed by atoms with E-state index in [0.717, 1.165) is 17.0 Å². The van der Waals surface area contributed by atoms with Gasteiger partial charge in [-0.05, 0) is 24.8 Å². The van der Waals surface area contributed by atoms with Gasteiger partial charge in [0, 0.05) is 7.05 Å². The number of carbonyl (C=O) groups excluding carboxylic acids is 1. The van der Waals surface area contributed by atoms with Crippen molar-refractivity contribution in [2.45, 2.75) is 25.4 Å². The minimum Gasteiger partial charge on any atom is -0.274 e. The molecule has 0 aliphatic carbocycles. The highest BCUT2D eigenvalue weighted by Crippen LogP contribution is 2.10. The zero-order valence-corrected chi connectivity index (χ0v) is 10.2. The van der Waals surface area contributed by atoms with Gasteiger partial charge in [0.2, 0.25) is 0 Å². The molecule has 0 saturated heterocycles. The summed E-state index contributed by atoms with van der Waals surface area (Å²) in [6.07, 6.45) is 0.171. The first-order valence-electron chi connectivity index (χ1n) is 5.65. The van der Waals surface area contributed by atoms with Gasteiger partial charge in [-0.25, -0.2) is 9.45 Å². The highest BCUT2D eigenvalue weighted by molar-refractivity contribution is 5.79. The van der Waals surface area contributed by atoms with Crippen LogP contribution in [0.15, 0.2) is 30.3 Å². The number of hydroxylamine groups is 2. The number of benzene rings is 1. The van der Waals surface area contributed by atoms with Gasteiger partial charge in [-0.3, -0.25) is 9.63 Å². The summed E-state index contributed by atoms with van der Waals surface area (Å²) in [6.45, 7) is 0. The molecule has 0 aliphatic rings. The minimum absolute atomic E-state index is 0.224. The SMILES string of the molecule is CON(C)C(=O)C(F)CCCc1ccccc1. The van der Waals surface area contributed by atoms with Crippen LogP contribution in [0.4, 0.5) is 4.39 Å². The van der Waals surface area contributed by atoms with Gasteiger partial charge >= 0.3 is 0 Å². The van der Waals surface area contributed by atoms with Crippen molar-refractivity contribution in [3.8, 4) is 0 Å². The molecule has 1 unspecified atom stereocenters. The Hall–Kier alpha value is -1.42. The number of alkyl halides is 1. The molecule has 4 heteroatoms. The predicted octanol–water partition coefficient (Wildman–Crippen LogP) is 2.37. The standard InChI is InChI=1S/C13H18FNO2/c1-15(17-2)13(16)12(14)10-6-9-11-7-4-3-5-8-11/h3-5,7-8,12H,6,9-10H2,1-2H3. The summed E-state index contributed by atoms with van der Waals surface area (Å²) in [4.78, 5) is 16.0. The topological polar surface area (TPSA) is 29.5 Å². The Kier molecular flexibility index (Phi) is 5.63. The molecule has 0 aromatic heterocycles. The fourth-order valence-electron chi connectivity index (χ4n) is 1.54. The van der Waals surface area contributed by atoms with Crippen LogP contribution in [0.2, 0.25) is 0 Å². The van der Waals surface area contributed by atoms with Gasteiger partial charge in [0.25, 0.3) is 5.91 Å². The van der Waals surface area contributed by atoms with Crippen molar-refractivity contribution in [3.05, 3.63) is 35.9 Å². The largest absolute Gasteiger partial charge is 0.280 e. The highest BCUT2D eigenvalue weighted by Gasteiger charge is 2.20. The van der Waals surface area contributed by atoms with E-state index in [4.69, 9.17) is 0 Å². The van der Waals surface area contributed by atoms with Gasteiger partial charge in [0.1, 0.15) is 0 Å². The summed E-state index contributed by atoms with van der Waals surface area (Å²) in [5, 5.41) is 0.924. The summed E-state index contributed by atoms with van der Waals surface area (Å²) in [6, 6.07) is 9.84. The molecule has 0 N–H and O–H groups in total. The average molecular weight is 239 g/mol. The summed E-state index contributed by atoms with van der Waals surface area (Å²) in [5.41, 5.74) is 1.16. The van der Waals surface area contributed by atoms with Gasteiger partial charge in [-0.2, -0.15) is 0 Å². The smallest absolute Gasteiger partial charge is 0.274 e. The van der Waals surface area contributed by atoms with Gasteiger partial charge in [-0.15, -0.1) is 0 Å². The zero-order valence-electron chi connectivity index (χ0n) is 10.2. The van der Waals surface area contributed by atoms with E-state index in [1.54, 1.807) is 0 Å². The van der Waals surface area contributed by atoms with E-state index in [1.807, 2.05) is 30.3 Å². The second-order valence-electron chi connectivity index (χ2n) is 3.86. The van der Waals surface area contributed by atoms with Crippen molar-refractivity contribution < 1.29 is 14.0 Å². The number of rotatable bonds is 6. The van der Waals surface area contributed by atoms with Crippen molar-refractivity contribution in [1.29, 1.82) is 0 Å². The summed E-state index contributed by atoms with van der Waals surface area (Å²) < 4.78 is 13.5. The van der Waals surface area contributed by atoms with Crippen LogP contribution in [0, 0.1) is 0 Å². The fourth-order valence-corrected chi connectivity index (χ4v) is 1.54. The molecule has 0 aliphatic heterocycles. The Balaban J connectivity index is 2.29. The lowest BCUT2D eigenvalue weighted by Gasteiger charge is -2.16. The Morgan fingerprint density at radius 1 is 1.41 bits per heavy atom. The monoisotopic (exact) mass is 239 g/mol. The van der Waals surface area contributed by atoms with Crippen LogP contribution in [-0.2, 0) is 16.1 Å². The van der Waals surface area contributed by atoms with Crippen LogP contribution in [0.5, 0.6) is 0 Å². The molecule has 94 valence electrons. The van der Waals surface area contributed by atoms with Crippen LogP contribution >= 0.6 is 0 Å². The highest BCUT2D eigenvalue weighted by atomic mass is 19.1. The molecular weight excluding hydrogens is 221 g/mol. The third kappa shape index (κ3) is 4.53. The first kappa shape index (κ1) is 13.6. The van der Waals surface area contributed by atoms with E-state index in [1.165, 1.54) is 14.2 Å². The number of aryl methyl sites for hydroxylation is 1. The molecule has 3 nitrogen and oxygen atoms in total. The molecular formula is C13H18FNO2. The van der Waals surface area contributed by atoms with E-state index in [9.17, 15) is 9.18 Å². The van der Waals surface area contributed by atoms with E-state index in [-0.39, 0.29) is 6.42 Å². The molecule has 0 radical (unpaired) electrons. The summed E-state index contributed by atoms with van der Waals surface area (Å²) in [5.74, 6) is -0.624. The van der Waals surface area contributed by atoms with Crippen molar-refractivity contribution in [2.75, 3.05) is 14.2 Å². The van der Waals surface area contributed by atoms with Crippen LogP contribution in [0.25, 0.3) is 0 Å². The Morgan fingerprint density at radius 3 is 2.65 bits per heavy atom. The van der Waals surface area contributed by atoms with Crippen molar-refractivity contribution >= 4 is 5.91 Å². The molecule has 0 fully saturated rings. The molecule has 17 heavy (non-hydrogen) atoms. The summed E-state index contributed by atoms with van der Waals surface area (Å²) >= 11 is 0. The number of halogens is 1. The maximum Gasteiger partial charge on any atom is 0.280 e. The molecule has 1 rings (SSSR count). The lowest BCUT2D eigenvalue weighted by Crippen LogP contribution is -2.33. The molecule has 0 bridgehead atoms. The van der Waals surface area contributed by atoms with Crippen LogP contribution in [0.3, 0.4) is 0 Å². The van der Waals surface area contributed by atoms with E-state index >= 15 is 0 Å². The van der Waals surface area contributed by atoms with Crippen molar-refractivity contribution in [1.82, 2.24) is 5.06 Å². The number of nitrogens with zero attached hydrogens (tertiary/aromatic N) is 1. The summed E-state index contributed by atoms with van der Waals surface area (Å²) in [7, 11) is 2.75. The third-order valence-corrected chi connectivity index (χ3v) is 2.62. The second-order valence-corrected chi connectivity index (χ2v) is 3.86. The van der Waals surface area contributed by atoms with Crippen molar-refractivity contribution in [2.24, 2.45) is 0 Å². The van der Waals surface area contributed by atoms with Gasteiger partial charge < -0.3 is 0 Å². The van der Waals surface area contributed by atoms with E-state index < -0.39 is 12.1 Å².